The van der Waals surface area contributed by atoms with Gasteiger partial charge in [-0.3, -0.25) is 11.3 Å². The summed E-state index contributed by atoms with van der Waals surface area (Å²) in [5.74, 6) is 6.43. The van der Waals surface area contributed by atoms with E-state index in [9.17, 15) is 0 Å². The van der Waals surface area contributed by atoms with Crippen LogP contribution in [0.1, 0.15) is 57.8 Å². The van der Waals surface area contributed by atoms with Crippen LogP contribution in [0.2, 0.25) is 0 Å². The highest BCUT2D eigenvalue weighted by atomic mass is 16.5. The molecule has 4 heteroatoms. The van der Waals surface area contributed by atoms with Crippen molar-refractivity contribution in [2.24, 2.45) is 11.8 Å². The van der Waals surface area contributed by atoms with Gasteiger partial charge in [-0.05, 0) is 44.4 Å². The molecule has 0 bridgehead atoms. The van der Waals surface area contributed by atoms with Crippen LogP contribution in [0.15, 0.2) is 0 Å². The second kappa shape index (κ2) is 7.58. The summed E-state index contributed by atoms with van der Waals surface area (Å²) >= 11 is 0. The van der Waals surface area contributed by atoms with Crippen LogP contribution in [0.5, 0.6) is 0 Å². The molecule has 2 rings (SSSR count). The zero-order chi connectivity index (χ0) is 13.6. The molecule has 2 unspecified atom stereocenters. The van der Waals surface area contributed by atoms with E-state index in [1.54, 1.807) is 7.11 Å². The molecule has 2 aliphatic rings. The second-order valence-corrected chi connectivity index (χ2v) is 6.25. The van der Waals surface area contributed by atoms with Crippen molar-refractivity contribution in [1.82, 2.24) is 5.43 Å². The molecule has 0 radical (unpaired) electrons. The lowest BCUT2D eigenvalue weighted by atomic mass is 9.73. The van der Waals surface area contributed by atoms with E-state index in [0.717, 1.165) is 32.5 Å². The first-order chi connectivity index (χ1) is 9.29. The van der Waals surface area contributed by atoms with Crippen LogP contribution in [0.3, 0.4) is 0 Å². The monoisotopic (exact) mass is 270 g/mol. The summed E-state index contributed by atoms with van der Waals surface area (Å²) in [5.41, 5.74) is 3.22. The standard InChI is InChI=1S/C15H30N2O2/c1-18-10-5-6-14(17-16)13-7-11-19-15(12-13)8-3-2-4-9-15/h13-14,17H,2-12,16H2,1H3. The molecule has 3 N–H and O–H groups in total. The van der Waals surface area contributed by atoms with Crippen LogP contribution in [0.4, 0.5) is 0 Å². The summed E-state index contributed by atoms with van der Waals surface area (Å²) in [7, 11) is 1.76. The maximum atomic E-state index is 6.16. The van der Waals surface area contributed by atoms with Crippen LogP contribution < -0.4 is 11.3 Å². The fourth-order valence-corrected chi connectivity index (χ4v) is 3.86. The van der Waals surface area contributed by atoms with Gasteiger partial charge < -0.3 is 9.47 Å². The van der Waals surface area contributed by atoms with Gasteiger partial charge in [0.25, 0.3) is 0 Å². The molecule has 1 aliphatic heterocycles. The maximum absolute atomic E-state index is 6.16. The highest BCUT2D eigenvalue weighted by Gasteiger charge is 2.40. The van der Waals surface area contributed by atoms with Crippen molar-refractivity contribution in [3.8, 4) is 0 Å². The van der Waals surface area contributed by atoms with E-state index in [0.29, 0.717) is 12.0 Å². The Morgan fingerprint density at radius 1 is 1.37 bits per heavy atom. The van der Waals surface area contributed by atoms with E-state index in [-0.39, 0.29) is 5.60 Å². The zero-order valence-electron chi connectivity index (χ0n) is 12.3. The molecule has 1 spiro atoms. The molecule has 1 heterocycles. The average molecular weight is 270 g/mol. The number of methoxy groups -OCH3 is 1. The first-order valence-electron chi connectivity index (χ1n) is 7.89. The minimum Gasteiger partial charge on any atom is -0.385 e. The Morgan fingerprint density at radius 2 is 2.16 bits per heavy atom. The fraction of sp³-hybridized carbons (Fsp3) is 1.00. The number of hydrazine groups is 1. The smallest absolute Gasteiger partial charge is 0.0685 e. The minimum atomic E-state index is 0.178. The molecular formula is C15H30N2O2. The van der Waals surface area contributed by atoms with Crippen LogP contribution >= 0.6 is 0 Å². The van der Waals surface area contributed by atoms with Gasteiger partial charge >= 0.3 is 0 Å². The van der Waals surface area contributed by atoms with Crippen LogP contribution in [-0.4, -0.2) is 32.0 Å². The maximum Gasteiger partial charge on any atom is 0.0685 e. The van der Waals surface area contributed by atoms with E-state index >= 15 is 0 Å². The van der Waals surface area contributed by atoms with Crippen molar-refractivity contribution in [3.63, 3.8) is 0 Å². The number of ether oxygens (including phenoxy) is 2. The first kappa shape index (κ1) is 15.2. The summed E-state index contributed by atoms with van der Waals surface area (Å²) in [4.78, 5) is 0. The van der Waals surface area contributed by atoms with Crippen LogP contribution in [0.25, 0.3) is 0 Å². The first-order valence-corrected chi connectivity index (χ1v) is 7.89. The molecule has 0 aromatic heterocycles. The average Bonchev–Trinajstić information content (AvgIpc) is 2.44. The summed E-state index contributed by atoms with van der Waals surface area (Å²) in [6, 6.07) is 0.415. The van der Waals surface area contributed by atoms with Gasteiger partial charge in [-0.1, -0.05) is 19.3 Å². The number of nitrogens with two attached hydrogens (primary N) is 1. The van der Waals surface area contributed by atoms with Crippen molar-refractivity contribution in [2.75, 3.05) is 20.3 Å². The minimum absolute atomic E-state index is 0.178. The molecule has 1 aliphatic carbocycles. The van der Waals surface area contributed by atoms with Gasteiger partial charge in [-0.15, -0.1) is 0 Å². The highest BCUT2D eigenvalue weighted by Crippen LogP contribution is 2.41. The van der Waals surface area contributed by atoms with Crippen molar-refractivity contribution in [2.45, 2.75) is 69.4 Å². The zero-order valence-corrected chi connectivity index (χ0v) is 12.3. The Labute approximate surface area is 117 Å². The molecule has 0 aromatic rings. The molecule has 1 saturated carbocycles. The molecule has 19 heavy (non-hydrogen) atoms. The Balaban J connectivity index is 1.87. The molecule has 0 amide bonds. The van der Waals surface area contributed by atoms with Crippen LogP contribution in [-0.2, 0) is 9.47 Å². The van der Waals surface area contributed by atoms with E-state index < -0.39 is 0 Å². The lowest BCUT2D eigenvalue weighted by molar-refractivity contribution is -0.122. The number of hydrogen-bond donors (Lipinski definition) is 2. The topological polar surface area (TPSA) is 56.5 Å². The summed E-state index contributed by atoms with van der Waals surface area (Å²) in [6.45, 7) is 1.74. The number of hydrogen-bond acceptors (Lipinski definition) is 4. The van der Waals surface area contributed by atoms with Gasteiger partial charge in [0.05, 0.1) is 5.60 Å². The predicted molar refractivity (Wildman–Crippen MR) is 76.7 cm³/mol. The summed E-state index contributed by atoms with van der Waals surface area (Å²) in [5, 5.41) is 0. The van der Waals surface area contributed by atoms with Gasteiger partial charge in [0.2, 0.25) is 0 Å². The van der Waals surface area contributed by atoms with Crippen LogP contribution in [0, 0.1) is 5.92 Å². The molecular weight excluding hydrogens is 240 g/mol. The van der Waals surface area contributed by atoms with Gasteiger partial charge in [0.1, 0.15) is 0 Å². The number of nitrogens with one attached hydrogen (secondary N) is 1. The van der Waals surface area contributed by atoms with Crippen molar-refractivity contribution < 1.29 is 9.47 Å². The lowest BCUT2D eigenvalue weighted by Crippen LogP contribution is -2.49. The Bertz CT molecular complexity index is 249. The van der Waals surface area contributed by atoms with Gasteiger partial charge in [-0.25, -0.2) is 0 Å². The summed E-state index contributed by atoms with van der Waals surface area (Å²) < 4.78 is 11.3. The molecule has 2 atom stereocenters. The highest BCUT2D eigenvalue weighted by molar-refractivity contribution is 4.92. The third-order valence-corrected chi connectivity index (χ3v) is 4.94. The molecule has 0 aromatic carbocycles. The SMILES string of the molecule is COCCCC(NN)C1CCOC2(CCCCC2)C1. The van der Waals surface area contributed by atoms with Crippen molar-refractivity contribution in [1.29, 1.82) is 0 Å². The van der Waals surface area contributed by atoms with Gasteiger partial charge in [-0.2, -0.15) is 0 Å². The Hall–Kier alpha value is -0.160. The van der Waals surface area contributed by atoms with Gasteiger partial charge in [0, 0.05) is 26.4 Å². The summed E-state index contributed by atoms with van der Waals surface area (Å²) in [6.07, 6.45) is 11.0. The Morgan fingerprint density at radius 3 is 2.84 bits per heavy atom. The number of rotatable bonds is 6. The molecule has 2 fully saturated rings. The van der Waals surface area contributed by atoms with E-state index in [1.807, 2.05) is 0 Å². The van der Waals surface area contributed by atoms with Crippen molar-refractivity contribution >= 4 is 0 Å². The van der Waals surface area contributed by atoms with Gasteiger partial charge in [0.15, 0.2) is 0 Å². The largest absolute Gasteiger partial charge is 0.385 e. The second-order valence-electron chi connectivity index (χ2n) is 6.25. The Kier molecular flexibility index (Phi) is 6.07. The quantitative estimate of drug-likeness (QED) is 0.442. The fourth-order valence-electron chi connectivity index (χ4n) is 3.86. The third-order valence-electron chi connectivity index (χ3n) is 4.94. The third kappa shape index (κ3) is 4.15. The molecule has 4 nitrogen and oxygen atoms in total. The molecule has 1 saturated heterocycles. The lowest BCUT2D eigenvalue weighted by Gasteiger charge is -2.45. The van der Waals surface area contributed by atoms with E-state index in [1.165, 1.54) is 38.5 Å². The van der Waals surface area contributed by atoms with Crippen molar-refractivity contribution in [3.05, 3.63) is 0 Å². The van der Waals surface area contributed by atoms with E-state index in [4.69, 9.17) is 15.3 Å². The molecule has 112 valence electrons. The normalized spacial score (nSPS) is 28.4. The van der Waals surface area contributed by atoms with E-state index in [2.05, 4.69) is 5.43 Å². The predicted octanol–water partition coefficient (Wildman–Crippen LogP) is 2.37.